The minimum atomic E-state index is -3.86. The molecule has 2 aromatic rings. The third-order valence-electron chi connectivity index (χ3n) is 2.27. The Labute approximate surface area is 130 Å². The van der Waals surface area contributed by atoms with Crippen LogP contribution in [0.4, 0.5) is 11.5 Å². The van der Waals surface area contributed by atoms with Crippen molar-refractivity contribution in [1.82, 2.24) is 4.98 Å². The minimum absolute atomic E-state index is 0.0522. The maximum Gasteiger partial charge on any atom is 0.263 e. The maximum atomic E-state index is 12.2. The van der Waals surface area contributed by atoms with Crippen molar-refractivity contribution in [3.05, 3.63) is 45.5 Å². The molecule has 0 aliphatic rings. The average molecular weight is 353 g/mol. The topological polar surface area (TPSA) is 85.1 Å². The van der Waals surface area contributed by atoms with Crippen LogP contribution in [-0.4, -0.2) is 13.4 Å². The van der Waals surface area contributed by atoms with Crippen LogP contribution in [0.3, 0.4) is 0 Å². The molecule has 106 valence electrons. The number of aromatic nitrogens is 1. The van der Waals surface area contributed by atoms with Crippen molar-refractivity contribution in [1.29, 1.82) is 0 Å². The van der Waals surface area contributed by atoms with E-state index in [0.29, 0.717) is 10.0 Å². The third kappa shape index (κ3) is 3.46. The highest BCUT2D eigenvalue weighted by molar-refractivity contribution is 7.92. The van der Waals surface area contributed by atoms with Gasteiger partial charge in [-0.25, -0.2) is 13.4 Å². The lowest BCUT2D eigenvalue weighted by Crippen LogP contribution is -2.13. The number of halogens is 3. The third-order valence-corrected chi connectivity index (χ3v) is 4.36. The first-order chi connectivity index (χ1) is 9.28. The van der Waals surface area contributed by atoms with Gasteiger partial charge in [-0.1, -0.05) is 34.8 Å². The first-order valence-corrected chi connectivity index (χ1v) is 7.79. The molecule has 0 aliphatic heterocycles. The molecule has 2 rings (SSSR count). The van der Waals surface area contributed by atoms with Gasteiger partial charge in [0.25, 0.3) is 10.0 Å². The lowest BCUT2D eigenvalue weighted by molar-refractivity contribution is 0.601. The molecule has 0 aliphatic carbocycles. The van der Waals surface area contributed by atoms with Crippen LogP contribution >= 0.6 is 34.8 Å². The van der Waals surface area contributed by atoms with E-state index in [4.69, 9.17) is 40.5 Å². The summed E-state index contributed by atoms with van der Waals surface area (Å²) in [6.45, 7) is 0. The largest absolute Gasteiger partial charge is 0.382 e. The minimum Gasteiger partial charge on any atom is -0.382 e. The highest BCUT2D eigenvalue weighted by Crippen LogP contribution is 2.26. The zero-order valence-electron chi connectivity index (χ0n) is 9.77. The standard InChI is InChI=1S/C11H8Cl3N3O2S/c12-6-1-7(13)3-8(2-6)17-20(18,19)9-4-10(14)11(15)16-5-9/h1-5,17H,(H2,15,16). The van der Waals surface area contributed by atoms with Crippen molar-refractivity contribution in [2.45, 2.75) is 4.90 Å². The number of nitrogens with zero attached hydrogens (tertiary/aromatic N) is 1. The summed E-state index contributed by atoms with van der Waals surface area (Å²) in [5.41, 5.74) is 5.66. The summed E-state index contributed by atoms with van der Waals surface area (Å²) in [6, 6.07) is 5.55. The fourth-order valence-electron chi connectivity index (χ4n) is 1.40. The Hall–Kier alpha value is -1.21. The monoisotopic (exact) mass is 351 g/mol. The van der Waals surface area contributed by atoms with Crippen LogP contribution in [-0.2, 0) is 10.0 Å². The van der Waals surface area contributed by atoms with Crippen LogP contribution in [0.2, 0.25) is 15.1 Å². The molecule has 1 aromatic carbocycles. The number of rotatable bonds is 3. The van der Waals surface area contributed by atoms with Gasteiger partial charge in [-0.05, 0) is 24.3 Å². The van der Waals surface area contributed by atoms with Gasteiger partial charge in [0, 0.05) is 16.2 Å². The zero-order valence-corrected chi connectivity index (χ0v) is 12.9. The quantitative estimate of drug-likeness (QED) is 0.886. The van der Waals surface area contributed by atoms with Gasteiger partial charge in [-0.2, -0.15) is 0 Å². The fourth-order valence-corrected chi connectivity index (χ4v) is 3.17. The second kappa shape index (κ2) is 5.65. The fraction of sp³-hybridized carbons (Fsp3) is 0. The average Bonchev–Trinajstić information content (AvgIpc) is 2.30. The number of nitrogens with two attached hydrogens (primary N) is 1. The lowest BCUT2D eigenvalue weighted by atomic mass is 10.3. The summed E-state index contributed by atoms with van der Waals surface area (Å²) < 4.78 is 26.6. The molecule has 0 unspecified atom stereocenters. The summed E-state index contributed by atoms with van der Waals surface area (Å²) in [7, 11) is -3.86. The van der Waals surface area contributed by atoms with E-state index in [1.807, 2.05) is 0 Å². The van der Waals surface area contributed by atoms with E-state index < -0.39 is 10.0 Å². The number of nitrogen functional groups attached to an aromatic ring is 1. The molecule has 1 aromatic heterocycles. The van der Waals surface area contributed by atoms with Crippen LogP contribution in [0.5, 0.6) is 0 Å². The number of anilines is 2. The highest BCUT2D eigenvalue weighted by atomic mass is 35.5. The van der Waals surface area contributed by atoms with Crippen LogP contribution in [0.1, 0.15) is 0 Å². The van der Waals surface area contributed by atoms with Crippen molar-refractivity contribution >= 4 is 56.3 Å². The second-order valence-corrected chi connectivity index (χ2v) is 6.76. The Morgan fingerprint density at radius 1 is 1.05 bits per heavy atom. The number of hydrogen-bond donors (Lipinski definition) is 2. The van der Waals surface area contributed by atoms with Crippen LogP contribution in [0.15, 0.2) is 35.4 Å². The number of nitrogens with one attached hydrogen (secondary N) is 1. The summed E-state index contributed by atoms with van der Waals surface area (Å²) in [5.74, 6) is 0.0522. The molecule has 0 amide bonds. The van der Waals surface area contributed by atoms with E-state index in [2.05, 4.69) is 9.71 Å². The molecular formula is C11H8Cl3N3O2S. The number of sulfonamides is 1. The smallest absolute Gasteiger partial charge is 0.263 e. The van der Waals surface area contributed by atoms with E-state index in [-0.39, 0.29) is 21.4 Å². The maximum absolute atomic E-state index is 12.2. The Morgan fingerprint density at radius 2 is 1.65 bits per heavy atom. The molecule has 0 saturated heterocycles. The van der Waals surface area contributed by atoms with Gasteiger partial charge in [0.2, 0.25) is 0 Å². The van der Waals surface area contributed by atoms with E-state index in [1.54, 1.807) is 0 Å². The summed E-state index contributed by atoms with van der Waals surface area (Å²) in [5, 5.41) is 0.671. The lowest BCUT2D eigenvalue weighted by Gasteiger charge is -2.09. The van der Waals surface area contributed by atoms with E-state index >= 15 is 0 Å². The molecule has 0 bridgehead atoms. The SMILES string of the molecule is Nc1ncc(S(=O)(=O)Nc2cc(Cl)cc(Cl)c2)cc1Cl. The predicted octanol–water partition coefficient (Wildman–Crippen LogP) is 3.42. The van der Waals surface area contributed by atoms with E-state index in [1.165, 1.54) is 24.3 Å². The molecule has 0 saturated carbocycles. The first-order valence-electron chi connectivity index (χ1n) is 5.18. The molecule has 0 fully saturated rings. The van der Waals surface area contributed by atoms with Gasteiger partial charge < -0.3 is 5.73 Å². The van der Waals surface area contributed by atoms with Crippen molar-refractivity contribution in [2.24, 2.45) is 0 Å². The molecule has 0 radical (unpaired) electrons. The van der Waals surface area contributed by atoms with Gasteiger partial charge >= 0.3 is 0 Å². The van der Waals surface area contributed by atoms with Gasteiger partial charge in [0.15, 0.2) is 0 Å². The molecule has 3 N–H and O–H groups in total. The molecule has 5 nitrogen and oxygen atoms in total. The molecule has 0 spiro atoms. The molecular weight excluding hydrogens is 345 g/mol. The van der Waals surface area contributed by atoms with Crippen molar-refractivity contribution in [3.63, 3.8) is 0 Å². The Balaban J connectivity index is 2.37. The van der Waals surface area contributed by atoms with Crippen LogP contribution < -0.4 is 10.5 Å². The van der Waals surface area contributed by atoms with Crippen LogP contribution in [0.25, 0.3) is 0 Å². The normalized spacial score (nSPS) is 11.3. The summed E-state index contributed by atoms with van der Waals surface area (Å²) in [4.78, 5) is 3.58. The van der Waals surface area contributed by atoms with E-state index in [0.717, 1.165) is 6.20 Å². The van der Waals surface area contributed by atoms with Gasteiger partial charge in [0.05, 0.1) is 10.7 Å². The van der Waals surface area contributed by atoms with Gasteiger partial charge in [-0.15, -0.1) is 0 Å². The first kappa shape index (κ1) is 15.2. The Bertz CT molecular complexity index is 745. The second-order valence-electron chi connectivity index (χ2n) is 3.80. The van der Waals surface area contributed by atoms with Crippen molar-refractivity contribution in [2.75, 3.05) is 10.5 Å². The molecule has 1 heterocycles. The molecule has 0 atom stereocenters. The predicted molar refractivity (Wildman–Crippen MR) is 80.9 cm³/mol. The zero-order chi connectivity index (χ0) is 14.9. The Morgan fingerprint density at radius 3 is 2.20 bits per heavy atom. The summed E-state index contributed by atoms with van der Waals surface area (Å²) >= 11 is 17.4. The molecule has 20 heavy (non-hydrogen) atoms. The van der Waals surface area contributed by atoms with Crippen LogP contribution in [0, 0.1) is 0 Å². The number of hydrogen-bond acceptors (Lipinski definition) is 4. The Kier molecular flexibility index (Phi) is 4.29. The van der Waals surface area contributed by atoms with E-state index in [9.17, 15) is 8.42 Å². The number of pyridine rings is 1. The van der Waals surface area contributed by atoms with Gasteiger partial charge in [-0.3, -0.25) is 4.72 Å². The van der Waals surface area contributed by atoms with Gasteiger partial charge in [0.1, 0.15) is 10.7 Å². The highest BCUT2D eigenvalue weighted by Gasteiger charge is 2.16. The molecule has 9 heteroatoms. The summed E-state index contributed by atoms with van der Waals surface area (Å²) in [6.07, 6.45) is 1.11. The van der Waals surface area contributed by atoms with Crippen molar-refractivity contribution < 1.29 is 8.42 Å². The number of benzene rings is 1. The van der Waals surface area contributed by atoms with Crippen molar-refractivity contribution in [3.8, 4) is 0 Å².